The van der Waals surface area contributed by atoms with E-state index < -0.39 is 10.0 Å². The van der Waals surface area contributed by atoms with Gasteiger partial charge in [-0.1, -0.05) is 15.9 Å². The van der Waals surface area contributed by atoms with Gasteiger partial charge in [0.05, 0.1) is 5.69 Å². The van der Waals surface area contributed by atoms with Gasteiger partial charge in [-0.15, -0.1) is 0 Å². The summed E-state index contributed by atoms with van der Waals surface area (Å²) in [6, 6.07) is 6.36. The molecule has 0 saturated heterocycles. The summed E-state index contributed by atoms with van der Waals surface area (Å²) in [6.07, 6.45) is 1.50. The van der Waals surface area contributed by atoms with Crippen LogP contribution in [0.3, 0.4) is 0 Å². The van der Waals surface area contributed by atoms with Crippen molar-refractivity contribution in [2.24, 2.45) is 0 Å². The maximum atomic E-state index is 12.4. The number of rotatable bonds is 3. The molecular weight excluding hydrogens is 478 g/mol. The molecule has 5 nitrogen and oxygen atoms in total. The van der Waals surface area contributed by atoms with E-state index in [9.17, 15) is 8.42 Å². The van der Waals surface area contributed by atoms with Crippen LogP contribution in [0.2, 0.25) is 0 Å². The minimum atomic E-state index is -3.82. The Balaban J connectivity index is 2.43. The predicted octanol–water partition coefficient (Wildman–Crippen LogP) is 3.75. The zero-order valence-corrected chi connectivity index (χ0v) is 15.3. The Morgan fingerprint density at radius 2 is 1.80 bits per heavy atom. The van der Waals surface area contributed by atoms with Gasteiger partial charge in [-0.2, -0.15) is 0 Å². The Morgan fingerprint density at radius 1 is 1.10 bits per heavy atom. The van der Waals surface area contributed by atoms with Crippen LogP contribution in [0.4, 0.5) is 11.5 Å². The van der Waals surface area contributed by atoms with Crippen molar-refractivity contribution in [3.8, 4) is 0 Å². The van der Waals surface area contributed by atoms with Crippen molar-refractivity contribution in [1.29, 1.82) is 0 Å². The second kappa shape index (κ2) is 6.00. The topological polar surface area (TPSA) is 85.1 Å². The molecule has 2 aromatic rings. The molecule has 0 radical (unpaired) electrons. The first kappa shape index (κ1) is 15.7. The quantitative estimate of drug-likeness (QED) is 0.648. The van der Waals surface area contributed by atoms with Gasteiger partial charge >= 0.3 is 0 Å². The van der Waals surface area contributed by atoms with E-state index in [-0.39, 0.29) is 16.4 Å². The summed E-state index contributed by atoms with van der Waals surface area (Å²) in [6.45, 7) is 0. The molecule has 9 heteroatoms. The third kappa shape index (κ3) is 3.51. The van der Waals surface area contributed by atoms with Crippen molar-refractivity contribution in [3.05, 3.63) is 43.9 Å². The number of nitrogens with two attached hydrogens (primary N) is 1. The summed E-state index contributed by atoms with van der Waals surface area (Å²) in [4.78, 5) is 3.94. The van der Waals surface area contributed by atoms with E-state index in [0.717, 1.165) is 4.47 Å². The molecule has 0 bridgehead atoms. The fourth-order valence-electron chi connectivity index (χ4n) is 1.49. The van der Waals surface area contributed by atoms with Crippen molar-refractivity contribution in [3.63, 3.8) is 0 Å². The van der Waals surface area contributed by atoms with Crippen molar-refractivity contribution in [1.82, 2.24) is 4.98 Å². The van der Waals surface area contributed by atoms with Crippen LogP contribution in [0, 0.1) is 0 Å². The molecular formula is C11H8Br3N3O2S. The van der Waals surface area contributed by atoms with E-state index in [2.05, 4.69) is 57.5 Å². The van der Waals surface area contributed by atoms with E-state index in [1.165, 1.54) is 12.3 Å². The fourth-order valence-corrected chi connectivity index (χ4v) is 4.80. The standard InChI is InChI=1S/C11H8Br3N3O2S/c12-6-1-2-10(16-5-6)17-20(18,19)11-8(14)3-7(13)4-9(11)15/h1-5H,15H2,(H,16,17). The summed E-state index contributed by atoms with van der Waals surface area (Å²) in [5.74, 6) is 0.211. The third-order valence-electron chi connectivity index (χ3n) is 2.27. The van der Waals surface area contributed by atoms with E-state index in [1.807, 2.05) is 0 Å². The largest absolute Gasteiger partial charge is 0.398 e. The summed E-state index contributed by atoms with van der Waals surface area (Å²) in [5.41, 5.74) is 5.91. The number of nitrogens with zero attached hydrogens (tertiary/aromatic N) is 1. The molecule has 1 aromatic carbocycles. The molecule has 2 rings (SSSR count). The number of hydrogen-bond acceptors (Lipinski definition) is 4. The number of pyridine rings is 1. The molecule has 0 spiro atoms. The second-order valence-corrected chi connectivity index (χ2v) is 8.08. The Labute approximate surface area is 141 Å². The molecule has 0 aliphatic carbocycles. The molecule has 0 aliphatic rings. The maximum Gasteiger partial charge on any atom is 0.266 e. The van der Waals surface area contributed by atoms with Gasteiger partial charge < -0.3 is 5.73 Å². The minimum absolute atomic E-state index is 0.0228. The van der Waals surface area contributed by atoms with Crippen molar-refractivity contribution in [2.75, 3.05) is 10.5 Å². The van der Waals surface area contributed by atoms with Crippen LogP contribution >= 0.6 is 47.8 Å². The lowest BCUT2D eigenvalue weighted by Crippen LogP contribution is -2.16. The first-order valence-electron chi connectivity index (χ1n) is 5.18. The molecule has 3 N–H and O–H groups in total. The summed E-state index contributed by atoms with van der Waals surface area (Å²) < 4.78 is 28.9. The van der Waals surface area contributed by atoms with Gasteiger partial charge in [0, 0.05) is 19.6 Å². The lowest BCUT2D eigenvalue weighted by Gasteiger charge is -2.11. The predicted molar refractivity (Wildman–Crippen MR) is 89.0 cm³/mol. The number of benzene rings is 1. The number of anilines is 2. The lowest BCUT2D eigenvalue weighted by atomic mass is 10.3. The molecule has 0 fully saturated rings. The highest BCUT2D eigenvalue weighted by Crippen LogP contribution is 2.32. The highest BCUT2D eigenvalue weighted by Gasteiger charge is 2.22. The van der Waals surface area contributed by atoms with E-state index in [4.69, 9.17) is 5.73 Å². The van der Waals surface area contributed by atoms with Crippen LogP contribution < -0.4 is 10.5 Å². The molecule has 0 unspecified atom stereocenters. The number of nitrogen functional groups attached to an aromatic ring is 1. The van der Waals surface area contributed by atoms with Gasteiger partial charge in [-0.05, 0) is 56.1 Å². The van der Waals surface area contributed by atoms with Gasteiger partial charge in [0.25, 0.3) is 10.0 Å². The Bertz CT molecular complexity index is 725. The van der Waals surface area contributed by atoms with Crippen LogP contribution in [0.15, 0.2) is 48.8 Å². The lowest BCUT2D eigenvalue weighted by molar-refractivity contribution is 0.601. The average Bonchev–Trinajstić information content (AvgIpc) is 2.30. The second-order valence-electron chi connectivity index (χ2n) is 3.77. The number of nitrogens with one attached hydrogen (secondary N) is 1. The smallest absolute Gasteiger partial charge is 0.266 e. The molecule has 0 atom stereocenters. The molecule has 1 heterocycles. The van der Waals surface area contributed by atoms with Crippen molar-refractivity contribution >= 4 is 69.3 Å². The van der Waals surface area contributed by atoms with Gasteiger partial charge in [-0.3, -0.25) is 4.72 Å². The van der Waals surface area contributed by atoms with Crippen LogP contribution in [-0.4, -0.2) is 13.4 Å². The zero-order chi connectivity index (χ0) is 14.9. The SMILES string of the molecule is Nc1cc(Br)cc(Br)c1S(=O)(=O)Nc1ccc(Br)cn1. The zero-order valence-electron chi connectivity index (χ0n) is 9.77. The normalized spacial score (nSPS) is 11.3. The first-order chi connectivity index (χ1) is 9.29. The number of halogens is 3. The summed E-state index contributed by atoms with van der Waals surface area (Å²) in [5, 5.41) is 0. The van der Waals surface area contributed by atoms with E-state index in [0.29, 0.717) is 8.95 Å². The summed E-state index contributed by atoms with van der Waals surface area (Å²) >= 11 is 9.68. The van der Waals surface area contributed by atoms with Crippen LogP contribution in [0.5, 0.6) is 0 Å². The number of aromatic nitrogens is 1. The van der Waals surface area contributed by atoms with E-state index in [1.54, 1.807) is 18.2 Å². The van der Waals surface area contributed by atoms with Gasteiger partial charge in [0.1, 0.15) is 10.7 Å². The minimum Gasteiger partial charge on any atom is -0.398 e. The van der Waals surface area contributed by atoms with Gasteiger partial charge in [-0.25, -0.2) is 13.4 Å². The van der Waals surface area contributed by atoms with Crippen molar-refractivity contribution in [2.45, 2.75) is 4.90 Å². The molecule has 0 aliphatic heterocycles. The van der Waals surface area contributed by atoms with Crippen LogP contribution in [0.25, 0.3) is 0 Å². The van der Waals surface area contributed by atoms with Gasteiger partial charge in [0.15, 0.2) is 0 Å². The molecule has 0 amide bonds. The van der Waals surface area contributed by atoms with Crippen molar-refractivity contribution < 1.29 is 8.42 Å². The molecule has 20 heavy (non-hydrogen) atoms. The van der Waals surface area contributed by atoms with E-state index >= 15 is 0 Å². The Kier molecular flexibility index (Phi) is 4.73. The highest BCUT2D eigenvalue weighted by atomic mass is 79.9. The van der Waals surface area contributed by atoms with Crippen LogP contribution in [0.1, 0.15) is 0 Å². The molecule has 1 aromatic heterocycles. The average molecular weight is 486 g/mol. The highest BCUT2D eigenvalue weighted by molar-refractivity contribution is 9.11. The Hall–Kier alpha value is -0.640. The summed E-state index contributed by atoms with van der Waals surface area (Å²) in [7, 11) is -3.82. The van der Waals surface area contributed by atoms with Gasteiger partial charge in [0.2, 0.25) is 0 Å². The fraction of sp³-hybridized carbons (Fsp3) is 0. The van der Waals surface area contributed by atoms with Crippen LogP contribution in [-0.2, 0) is 10.0 Å². The molecule has 106 valence electrons. The monoisotopic (exact) mass is 483 g/mol. The Morgan fingerprint density at radius 3 is 2.35 bits per heavy atom. The first-order valence-corrected chi connectivity index (χ1v) is 9.05. The maximum absolute atomic E-state index is 12.4. The third-order valence-corrected chi connectivity index (χ3v) is 5.56. The number of sulfonamides is 1. The molecule has 0 saturated carbocycles. The number of hydrogen-bond donors (Lipinski definition) is 2.